The van der Waals surface area contributed by atoms with Crippen molar-refractivity contribution in [1.82, 2.24) is 4.90 Å². The molecule has 2 N–H and O–H groups in total. The van der Waals surface area contributed by atoms with Gasteiger partial charge in [-0.3, -0.25) is 9.69 Å². The molecule has 1 aliphatic heterocycles. The molecule has 3 heteroatoms. The Morgan fingerprint density at radius 2 is 1.94 bits per heavy atom. The molecule has 0 saturated carbocycles. The van der Waals surface area contributed by atoms with E-state index in [9.17, 15) is 4.79 Å². The highest BCUT2D eigenvalue weighted by Gasteiger charge is 2.26. The molecule has 1 heterocycles. The minimum absolute atomic E-state index is 0.0175. The second kappa shape index (κ2) is 6.01. The van der Waals surface area contributed by atoms with Crippen LogP contribution in [0.4, 0.5) is 0 Å². The normalized spacial score (nSPS) is 19.6. The molecule has 1 fully saturated rings. The minimum Gasteiger partial charge on any atom is -0.369 e. The van der Waals surface area contributed by atoms with Crippen LogP contribution in [-0.2, 0) is 11.3 Å². The summed E-state index contributed by atoms with van der Waals surface area (Å²) in [5, 5.41) is 0. The topological polar surface area (TPSA) is 46.3 Å². The molecule has 18 heavy (non-hydrogen) atoms. The fourth-order valence-electron chi connectivity index (χ4n) is 2.68. The van der Waals surface area contributed by atoms with E-state index in [0.717, 1.165) is 32.5 Å². The van der Waals surface area contributed by atoms with E-state index >= 15 is 0 Å². The third-order valence-electron chi connectivity index (χ3n) is 4.04. The number of benzene rings is 1. The lowest BCUT2D eigenvalue weighted by Crippen LogP contribution is -2.38. The summed E-state index contributed by atoms with van der Waals surface area (Å²) in [6.45, 7) is 5.10. The molecule has 2 rings (SSSR count). The van der Waals surface area contributed by atoms with E-state index in [-0.39, 0.29) is 11.8 Å². The molecule has 98 valence electrons. The second-order valence-corrected chi connectivity index (χ2v) is 5.29. The molecule has 1 unspecified atom stereocenters. The number of primary amides is 1. The largest absolute Gasteiger partial charge is 0.369 e. The Kier molecular flexibility index (Phi) is 4.37. The van der Waals surface area contributed by atoms with Gasteiger partial charge in [0.25, 0.3) is 0 Å². The lowest BCUT2D eigenvalue weighted by molar-refractivity contribution is -0.123. The molecule has 0 aromatic heterocycles. The Labute approximate surface area is 109 Å². The van der Waals surface area contributed by atoms with Crippen molar-refractivity contribution < 1.29 is 4.79 Å². The molecule has 1 atom stereocenters. The van der Waals surface area contributed by atoms with Crippen molar-refractivity contribution in [2.24, 2.45) is 17.6 Å². The van der Waals surface area contributed by atoms with Crippen molar-refractivity contribution in [2.45, 2.75) is 26.3 Å². The van der Waals surface area contributed by atoms with Gasteiger partial charge in [-0.1, -0.05) is 37.3 Å². The van der Waals surface area contributed by atoms with Crippen molar-refractivity contribution in [2.75, 3.05) is 13.1 Å². The molecule has 1 aromatic carbocycles. The first-order valence-electron chi connectivity index (χ1n) is 6.72. The Morgan fingerprint density at radius 1 is 1.33 bits per heavy atom. The Hall–Kier alpha value is -1.35. The minimum atomic E-state index is -0.156. The van der Waals surface area contributed by atoms with Gasteiger partial charge in [-0.15, -0.1) is 0 Å². The molecule has 1 aromatic rings. The first kappa shape index (κ1) is 13.1. The molecule has 1 saturated heterocycles. The zero-order chi connectivity index (χ0) is 13.0. The maximum atomic E-state index is 11.2. The van der Waals surface area contributed by atoms with Crippen molar-refractivity contribution in [3.63, 3.8) is 0 Å². The van der Waals surface area contributed by atoms with Crippen LogP contribution in [0.25, 0.3) is 0 Å². The highest BCUT2D eigenvalue weighted by atomic mass is 16.1. The number of amides is 1. The van der Waals surface area contributed by atoms with Gasteiger partial charge in [-0.05, 0) is 37.4 Å². The summed E-state index contributed by atoms with van der Waals surface area (Å²) in [4.78, 5) is 13.6. The van der Waals surface area contributed by atoms with E-state index in [1.54, 1.807) is 0 Å². The van der Waals surface area contributed by atoms with Gasteiger partial charge in [0.15, 0.2) is 0 Å². The van der Waals surface area contributed by atoms with Crippen LogP contribution < -0.4 is 5.73 Å². The van der Waals surface area contributed by atoms with E-state index in [0.29, 0.717) is 5.92 Å². The SMILES string of the molecule is CC(C(N)=O)C1CCN(Cc2ccccc2)CC1. The van der Waals surface area contributed by atoms with Gasteiger partial charge in [0.2, 0.25) is 5.91 Å². The van der Waals surface area contributed by atoms with Crippen LogP contribution in [0.3, 0.4) is 0 Å². The number of rotatable bonds is 4. The van der Waals surface area contributed by atoms with E-state index < -0.39 is 0 Å². The molecular formula is C15H22N2O. The van der Waals surface area contributed by atoms with Crippen molar-refractivity contribution in [3.05, 3.63) is 35.9 Å². The van der Waals surface area contributed by atoms with Crippen molar-refractivity contribution in [1.29, 1.82) is 0 Å². The lowest BCUT2D eigenvalue weighted by atomic mass is 9.85. The molecule has 3 nitrogen and oxygen atoms in total. The first-order valence-corrected chi connectivity index (χ1v) is 6.72. The molecule has 0 aliphatic carbocycles. The van der Waals surface area contributed by atoms with Gasteiger partial charge in [0, 0.05) is 12.5 Å². The Bertz CT molecular complexity index is 383. The zero-order valence-electron chi connectivity index (χ0n) is 11.0. The first-order chi connectivity index (χ1) is 8.66. The standard InChI is InChI=1S/C15H22N2O/c1-12(15(16)18)14-7-9-17(10-8-14)11-13-5-3-2-4-6-13/h2-6,12,14H,7-11H2,1H3,(H2,16,18). The fraction of sp³-hybridized carbons (Fsp3) is 0.533. The summed E-state index contributed by atoms with van der Waals surface area (Å²) in [5.74, 6) is 0.329. The summed E-state index contributed by atoms with van der Waals surface area (Å²) >= 11 is 0. The lowest BCUT2D eigenvalue weighted by Gasteiger charge is -2.33. The fourth-order valence-corrected chi connectivity index (χ4v) is 2.68. The number of piperidine rings is 1. The van der Waals surface area contributed by atoms with Crippen molar-refractivity contribution in [3.8, 4) is 0 Å². The predicted molar refractivity (Wildman–Crippen MR) is 72.8 cm³/mol. The number of carbonyl (C=O) groups is 1. The van der Waals surface area contributed by atoms with Gasteiger partial charge in [0.05, 0.1) is 0 Å². The van der Waals surface area contributed by atoms with Gasteiger partial charge in [-0.2, -0.15) is 0 Å². The van der Waals surface area contributed by atoms with Crippen LogP contribution in [0, 0.1) is 11.8 Å². The summed E-state index contributed by atoms with van der Waals surface area (Å²) in [6.07, 6.45) is 2.16. The van der Waals surface area contributed by atoms with Crippen LogP contribution >= 0.6 is 0 Å². The molecule has 0 radical (unpaired) electrons. The van der Waals surface area contributed by atoms with E-state index in [2.05, 4.69) is 29.2 Å². The summed E-state index contributed by atoms with van der Waals surface area (Å²) in [7, 11) is 0. The molecule has 1 aliphatic rings. The molecular weight excluding hydrogens is 224 g/mol. The highest BCUT2D eigenvalue weighted by Crippen LogP contribution is 2.25. The zero-order valence-corrected chi connectivity index (χ0v) is 11.0. The predicted octanol–water partition coefficient (Wildman–Crippen LogP) is 2.02. The van der Waals surface area contributed by atoms with Crippen LogP contribution in [0.1, 0.15) is 25.3 Å². The average Bonchev–Trinajstić information content (AvgIpc) is 2.40. The number of hydrogen-bond acceptors (Lipinski definition) is 2. The average molecular weight is 246 g/mol. The number of carbonyl (C=O) groups excluding carboxylic acids is 1. The third kappa shape index (κ3) is 3.33. The maximum Gasteiger partial charge on any atom is 0.220 e. The van der Waals surface area contributed by atoms with E-state index in [4.69, 9.17) is 5.73 Å². The monoisotopic (exact) mass is 246 g/mol. The van der Waals surface area contributed by atoms with Crippen molar-refractivity contribution >= 4 is 5.91 Å². The number of nitrogens with zero attached hydrogens (tertiary/aromatic N) is 1. The Morgan fingerprint density at radius 3 is 2.50 bits per heavy atom. The third-order valence-corrected chi connectivity index (χ3v) is 4.04. The maximum absolute atomic E-state index is 11.2. The Balaban J connectivity index is 1.82. The summed E-state index contributed by atoms with van der Waals surface area (Å²) < 4.78 is 0. The van der Waals surface area contributed by atoms with E-state index in [1.165, 1.54) is 5.56 Å². The van der Waals surface area contributed by atoms with Crippen LogP contribution in [0.15, 0.2) is 30.3 Å². The molecule has 1 amide bonds. The molecule has 0 bridgehead atoms. The number of hydrogen-bond donors (Lipinski definition) is 1. The summed E-state index contributed by atoms with van der Waals surface area (Å²) in [5.41, 5.74) is 6.73. The molecule has 0 spiro atoms. The van der Waals surface area contributed by atoms with Gasteiger partial charge >= 0.3 is 0 Å². The van der Waals surface area contributed by atoms with Crippen LogP contribution in [-0.4, -0.2) is 23.9 Å². The van der Waals surface area contributed by atoms with Gasteiger partial charge in [-0.25, -0.2) is 0 Å². The van der Waals surface area contributed by atoms with Crippen LogP contribution in [0.2, 0.25) is 0 Å². The van der Waals surface area contributed by atoms with Gasteiger partial charge in [0.1, 0.15) is 0 Å². The highest BCUT2D eigenvalue weighted by molar-refractivity contribution is 5.76. The van der Waals surface area contributed by atoms with Gasteiger partial charge < -0.3 is 5.73 Å². The second-order valence-electron chi connectivity index (χ2n) is 5.29. The number of likely N-dealkylation sites (tertiary alicyclic amines) is 1. The quantitative estimate of drug-likeness (QED) is 0.883. The summed E-state index contributed by atoms with van der Waals surface area (Å²) in [6, 6.07) is 10.5. The van der Waals surface area contributed by atoms with E-state index in [1.807, 2.05) is 13.0 Å². The number of nitrogens with two attached hydrogens (primary N) is 1. The van der Waals surface area contributed by atoms with Crippen LogP contribution in [0.5, 0.6) is 0 Å². The smallest absolute Gasteiger partial charge is 0.220 e.